The number of amides is 1. The zero-order valence-electron chi connectivity index (χ0n) is 38.1. The Morgan fingerprint density at radius 3 is 1.30 bits per heavy atom. The third kappa shape index (κ3) is 43.7. The number of carbonyl (C=O) groups excluding carboxylic acids is 2. The van der Waals surface area contributed by atoms with Gasteiger partial charge in [0.1, 0.15) is 0 Å². The number of allylic oxidation sites excluding steroid dienone is 4. The number of aliphatic hydroxyl groups is 2. The van der Waals surface area contributed by atoms with Crippen LogP contribution in [0, 0.1) is 0 Å². The second kappa shape index (κ2) is 47.0. The van der Waals surface area contributed by atoms with E-state index in [-0.39, 0.29) is 18.5 Å². The molecule has 0 aromatic rings. The van der Waals surface area contributed by atoms with Gasteiger partial charge in [0.15, 0.2) is 0 Å². The maximum Gasteiger partial charge on any atom is 0.305 e. The molecule has 0 aliphatic rings. The first-order valence-corrected chi connectivity index (χ1v) is 25.1. The second-order valence-corrected chi connectivity index (χ2v) is 17.1. The molecule has 0 aliphatic carbocycles. The van der Waals surface area contributed by atoms with Crippen molar-refractivity contribution in [1.82, 2.24) is 5.32 Å². The van der Waals surface area contributed by atoms with Crippen LogP contribution in [0.15, 0.2) is 24.3 Å². The molecule has 0 saturated carbocycles. The number of hydrogen-bond acceptors (Lipinski definition) is 5. The zero-order chi connectivity index (χ0) is 41.5. The van der Waals surface area contributed by atoms with Crippen molar-refractivity contribution >= 4 is 11.9 Å². The highest BCUT2D eigenvalue weighted by Gasteiger charge is 2.20. The van der Waals surface area contributed by atoms with Gasteiger partial charge in [-0.1, -0.05) is 205 Å². The second-order valence-electron chi connectivity index (χ2n) is 17.1. The van der Waals surface area contributed by atoms with Gasteiger partial charge in [0, 0.05) is 12.8 Å². The fourth-order valence-electron chi connectivity index (χ4n) is 7.55. The van der Waals surface area contributed by atoms with Crippen LogP contribution in [0.1, 0.15) is 264 Å². The molecule has 0 rings (SSSR count). The highest BCUT2D eigenvalue weighted by molar-refractivity contribution is 5.76. The SMILES string of the molecule is CCCC/C=C\CCCCCCCC(=O)OCCCC/C=C\CCCCCCC(=O)NC(CO)C(O)CCCCCCCCCCCCCCCCCCCCC. The molecule has 2 unspecified atom stereocenters. The van der Waals surface area contributed by atoms with E-state index < -0.39 is 12.1 Å². The van der Waals surface area contributed by atoms with E-state index in [0.29, 0.717) is 25.9 Å². The minimum absolute atomic E-state index is 0.0473. The molecule has 2 atom stereocenters. The summed E-state index contributed by atoms with van der Waals surface area (Å²) in [4.78, 5) is 24.4. The minimum Gasteiger partial charge on any atom is -0.466 e. The van der Waals surface area contributed by atoms with Gasteiger partial charge in [0.05, 0.1) is 25.4 Å². The molecule has 0 saturated heterocycles. The number of esters is 1. The first-order chi connectivity index (χ1) is 28.0. The normalized spacial score (nSPS) is 12.8. The minimum atomic E-state index is -0.686. The van der Waals surface area contributed by atoms with Crippen LogP contribution in [0.25, 0.3) is 0 Å². The summed E-state index contributed by atoms with van der Waals surface area (Å²) in [6.45, 7) is 4.82. The summed E-state index contributed by atoms with van der Waals surface area (Å²) in [6.07, 6.45) is 54.3. The Bertz CT molecular complexity index is 889. The molecule has 6 heteroatoms. The molecule has 0 aromatic carbocycles. The number of aliphatic hydroxyl groups excluding tert-OH is 2. The van der Waals surface area contributed by atoms with Crippen molar-refractivity contribution in [3.05, 3.63) is 24.3 Å². The number of ether oxygens (including phenoxy) is 1. The van der Waals surface area contributed by atoms with Crippen LogP contribution < -0.4 is 5.32 Å². The van der Waals surface area contributed by atoms with Crippen LogP contribution in [0.4, 0.5) is 0 Å². The van der Waals surface area contributed by atoms with E-state index in [1.54, 1.807) is 0 Å². The van der Waals surface area contributed by atoms with Gasteiger partial charge in [0.2, 0.25) is 5.91 Å². The van der Waals surface area contributed by atoms with Gasteiger partial charge in [-0.3, -0.25) is 9.59 Å². The molecular formula is C51H97NO5. The topological polar surface area (TPSA) is 95.9 Å². The van der Waals surface area contributed by atoms with Crippen molar-refractivity contribution < 1.29 is 24.5 Å². The highest BCUT2D eigenvalue weighted by Crippen LogP contribution is 2.16. The van der Waals surface area contributed by atoms with Gasteiger partial charge in [-0.2, -0.15) is 0 Å². The number of unbranched alkanes of at least 4 members (excludes halogenated alkanes) is 31. The summed E-state index contributed by atoms with van der Waals surface area (Å²) < 4.78 is 5.40. The lowest BCUT2D eigenvalue weighted by atomic mass is 10.0. The van der Waals surface area contributed by atoms with E-state index >= 15 is 0 Å². The Morgan fingerprint density at radius 2 is 0.842 bits per heavy atom. The molecule has 0 fully saturated rings. The van der Waals surface area contributed by atoms with Crippen LogP contribution in [-0.4, -0.2) is 47.4 Å². The fourth-order valence-corrected chi connectivity index (χ4v) is 7.55. The molecule has 0 heterocycles. The molecule has 0 bridgehead atoms. The Balaban J connectivity index is 3.54. The summed E-state index contributed by atoms with van der Waals surface area (Å²) in [6, 6.07) is -0.567. The average molecular weight is 804 g/mol. The average Bonchev–Trinajstić information content (AvgIpc) is 3.21. The van der Waals surface area contributed by atoms with E-state index in [1.165, 1.54) is 154 Å². The van der Waals surface area contributed by atoms with Crippen molar-refractivity contribution in [2.45, 2.75) is 276 Å². The Labute approximate surface area is 354 Å². The lowest BCUT2D eigenvalue weighted by molar-refractivity contribution is -0.143. The standard InChI is InChI=1S/C51H97NO5/c1-3-5-7-9-11-13-15-16-17-18-19-20-21-22-24-27-31-35-39-43-49(54)48(47-53)52-50(55)44-40-36-32-28-25-26-30-34-38-42-46-57-51(56)45-41-37-33-29-23-14-12-10-8-6-4-2/h10,12,26,30,48-49,53-54H,3-9,11,13-25,27-29,31-47H2,1-2H3,(H,52,55)/b12-10-,30-26-. The number of hydrogen-bond donors (Lipinski definition) is 3. The summed E-state index contributed by atoms with van der Waals surface area (Å²) in [5.74, 6) is -0.118. The predicted octanol–water partition coefficient (Wildman–Crippen LogP) is 14.7. The molecule has 0 aromatic heterocycles. The van der Waals surface area contributed by atoms with E-state index in [9.17, 15) is 19.8 Å². The van der Waals surface area contributed by atoms with Crippen molar-refractivity contribution in [1.29, 1.82) is 0 Å². The van der Waals surface area contributed by atoms with Crippen LogP contribution in [0.2, 0.25) is 0 Å². The van der Waals surface area contributed by atoms with Crippen molar-refractivity contribution in [3.63, 3.8) is 0 Å². The van der Waals surface area contributed by atoms with E-state index in [0.717, 1.165) is 77.0 Å². The smallest absolute Gasteiger partial charge is 0.305 e. The molecule has 0 spiro atoms. The molecule has 6 nitrogen and oxygen atoms in total. The molecule has 336 valence electrons. The van der Waals surface area contributed by atoms with Crippen LogP contribution in [0.5, 0.6) is 0 Å². The monoisotopic (exact) mass is 804 g/mol. The van der Waals surface area contributed by atoms with Crippen LogP contribution in [0.3, 0.4) is 0 Å². The largest absolute Gasteiger partial charge is 0.466 e. The maximum atomic E-state index is 12.4. The molecule has 57 heavy (non-hydrogen) atoms. The van der Waals surface area contributed by atoms with Gasteiger partial charge in [0.25, 0.3) is 0 Å². The summed E-state index contributed by atoms with van der Waals surface area (Å²) >= 11 is 0. The maximum absolute atomic E-state index is 12.4. The van der Waals surface area contributed by atoms with E-state index in [1.807, 2.05) is 0 Å². The molecule has 0 radical (unpaired) electrons. The lowest BCUT2D eigenvalue weighted by Gasteiger charge is -2.22. The Morgan fingerprint density at radius 1 is 0.474 bits per heavy atom. The van der Waals surface area contributed by atoms with E-state index in [4.69, 9.17) is 4.74 Å². The summed E-state index contributed by atoms with van der Waals surface area (Å²) in [7, 11) is 0. The van der Waals surface area contributed by atoms with Gasteiger partial charge in [-0.05, 0) is 70.6 Å². The first kappa shape index (κ1) is 55.3. The van der Waals surface area contributed by atoms with Gasteiger partial charge < -0.3 is 20.3 Å². The number of carbonyl (C=O) groups is 2. The van der Waals surface area contributed by atoms with Crippen molar-refractivity contribution in [2.75, 3.05) is 13.2 Å². The van der Waals surface area contributed by atoms with Crippen molar-refractivity contribution in [2.24, 2.45) is 0 Å². The van der Waals surface area contributed by atoms with E-state index in [2.05, 4.69) is 43.5 Å². The first-order valence-electron chi connectivity index (χ1n) is 25.1. The van der Waals surface area contributed by atoms with Gasteiger partial charge >= 0.3 is 5.97 Å². The fraction of sp³-hybridized carbons (Fsp3) is 0.882. The van der Waals surface area contributed by atoms with Crippen LogP contribution >= 0.6 is 0 Å². The summed E-state index contributed by atoms with van der Waals surface area (Å²) in [5.41, 5.74) is 0. The van der Waals surface area contributed by atoms with Gasteiger partial charge in [-0.25, -0.2) is 0 Å². The quantitative estimate of drug-likeness (QED) is 0.0324. The Hall–Kier alpha value is -1.66. The molecule has 1 amide bonds. The number of nitrogens with one attached hydrogen (secondary N) is 1. The van der Waals surface area contributed by atoms with Gasteiger partial charge in [-0.15, -0.1) is 0 Å². The Kier molecular flexibility index (Phi) is 45.7. The molecular weight excluding hydrogens is 707 g/mol. The third-order valence-electron chi connectivity index (χ3n) is 11.5. The van der Waals surface area contributed by atoms with Crippen LogP contribution in [-0.2, 0) is 14.3 Å². The zero-order valence-corrected chi connectivity index (χ0v) is 38.1. The third-order valence-corrected chi connectivity index (χ3v) is 11.5. The lowest BCUT2D eigenvalue weighted by Crippen LogP contribution is -2.45. The van der Waals surface area contributed by atoms with Crippen molar-refractivity contribution in [3.8, 4) is 0 Å². The summed E-state index contributed by atoms with van der Waals surface area (Å²) in [5, 5.41) is 23.2. The predicted molar refractivity (Wildman–Crippen MR) is 246 cm³/mol. The highest BCUT2D eigenvalue weighted by atomic mass is 16.5. The molecule has 3 N–H and O–H groups in total. The number of rotatable bonds is 46. The molecule has 0 aliphatic heterocycles.